The number of amides is 2. The topological polar surface area (TPSA) is 49.4 Å². The number of carbonyl (C=O) groups is 2. The summed E-state index contributed by atoms with van der Waals surface area (Å²) in [6.07, 6.45) is 0.251. The normalized spacial score (nSPS) is 11.9. The lowest BCUT2D eigenvalue weighted by molar-refractivity contribution is -0.140. The van der Waals surface area contributed by atoms with Gasteiger partial charge in [-0.1, -0.05) is 54.1 Å². The fraction of sp³-hybridized carbons (Fsp3) is 0.333. The summed E-state index contributed by atoms with van der Waals surface area (Å²) in [5.74, 6) is -0.258. The van der Waals surface area contributed by atoms with E-state index in [0.717, 1.165) is 11.1 Å². The molecule has 2 rings (SSSR count). The SMILES string of the molecule is CC(C)NC(=O)C(C)N(Cc1cccc(Cl)c1)C(=O)Cc1ccccc1. The first kappa shape index (κ1) is 20.0. The highest BCUT2D eigenvalue weighted by atomic mass is 35.5. The number of nitrogens with zero attached hydrogens (tertiary/aromatic N) is 1. The molecule has 2 amide bonds. The van der Waals surface area contributed by atoms with Crippen molar-refractivity contribution in [1.29, 1.82) is 0 Å². The van der Waals surface area contributed by atoms with Gasteiger partial charge in [0.2, 0.25) is 11.8 Å². The summed E-state index contributed by atoms with van der Waals surface area (Å²) in [7, 11) is 0. The average molecular weight is 373 g/mol. The van der Waals surface area contributed by atoms with Crippen LogP contribution in [0, 0.1) is 0 Å². The van der Waals surface area contributed by atoms with Crippen LogP contribution < -0.4 is 5.32 Å². The summed E-state index contributed by atoms with van der Waals surface area (Å²) < 4.78 is 0. The first-order valence-corrected chi connectivity index (χ1v) is 9.13. The van der Waals surface area contributed by atoms with Crippen molar-refractivity contribution >= 4 is 23.4 Å². The van der Waals surface area contributed by atoms with E-state index in [1.807, 2.05) is 62.4 Å². The summed E-state index contributed by atoms with van der Waals surface area (Å²) >= 11 is 6.07. The molecular formula is C21H25ClN2O2. The van der Waals surface area contributed by atoms with E-state index < -0.39 is 6.04 Å². The van der Waals surface area contributed by atoms with E-state index in [1.165, 1.54) is 0 Å². The van der Waals surface area contributed by atoms with Crippen molar-refractivity contribution in [2.45, 2.75) is 45.8 Å². The fourth-order valence-electron chi connectivity index (χ4n) is 2.69. The molecular weight excluding hydrogens is 348 g/mol. The maximum absolute atomic E-state index is 12.9. The lowest BCUT2D eigenvalue weighted by Crippen LogP contribution is -2.49. The lowest BCUT2D eigenvalue weighted by atomic mass is 10.1. The fourth-order valence-corrected chi connectivity index (χ4v) is 2.90. The molecule has 0 saturated carbocycles. The number of hydrogen-bond donors (Lipinski definition) is 1. The predicted octanol–water partition coefficient (Wildman–Crippen LogP) is 3.82. The van der Waals surface area contributed by atoms with Crippen LogP contribution in [0.25, 0.3) is 0 Å². The van der Waals surface area contributed by atoms with E-state index in [9.17, 15) is 9.59 Å². The van der Waals surface area contributed by atoms with E-state index in [0.29, 0.717) is 11.6 Å². The van der Waals surface area contributed by atoms with E-state index >= 15 is 0 Å². The Bertz CT molecular complexity index is 747. The molecule has 2 aromatic rings. The zero-order chi connectivity index (χ0) is 19.1. The van der Waals surface area contributed by atoms with E-state index in [2.05, 4.69) is 5.32 Å². The summed E-state index contributed by atoms with van der Waals surface area (Å²) in [4.78, 5) is 27.0. The molecule has 0 saturated heterocycles. The van der Waals surface area contributed by atoms with Crippen molar-refractivity contribution in [3.63, 3.8) is 0 Å². The van der Waals surface area contributed by atoms with Crippen molar-refractivity contribution in [3.8, 4) is 0 Å². The van der Waals surface area contributed by atoms with Gasteiger partial charge >= 0.3 is 0 Å². The minimum absolute atomic E-state index is 0.0159. The second kappa shape index (κ2) is 9.39. The van der Waals surface area contributed by atoms with Crippen LogP contribution in [-0.2, 0) is 22.6 Å². The Morgan fingerprint density at radius 1 is 1.00 bits per heavy atom. The summed E-state index contributed by atoms with van der Waals surface area (Å²) in [5.41, 5.74) is 1.81. The van der Waals surface area contributed by atoms with Crippen molar-refractivity contribution in [1.82, 2.24) is 10.2 Å². The molecule has 1 atom stereocenters. The Hall–Kier alpha value is -2.33. The molecule has 0 spiro atoms. The monoisotopic (exact) mass is 372 g/mol. The van der Waals surface area contributed by atoms with Crippen LogP contribution in [0.1, 0.15) is 31.9 Å². The minimum Gasteiger partial charge on any atom is -0.352 e. The van der Waals surface area contributed by atoms with Gasteiger partial charge in [-0.05, 0) is 44.0 Å². The molecule has 0 aliphatic carbocycles. The molecule has 0 aromatic heterocycles. The Balaban J connectivity index is 2.22. The second-order valence-corrected chi connectivity index (χ2v) is 7.09. The van der Waals surface area contributed by atoms with Crippen LogP contribution in [0.2, 0.25) is 5.02 Å². The van der Waals surface area contributed by atoms with Crippen molar-refractivity contribution < 1.29 is 9.59 Å². The largest absolute Gasteiger partial charge is 0.352 e. The Kier molecular flexibility index (Phi) is 7.22. The van der Waals surface area contributed by atoms with Crippen LogP contribution in [-0.4, -0.2) is 28.8 Å². The average Bonchev–Trinajstić information content (AvgIpc) is 2.59. The maximum Gasteiger partial charge on any atom is 0.242 e. The third kappa shape index (κ3) is 5.88. The Morgan fingerprint density at radius 2 is 1.65 bits per heavy atom. The molecule has 138 valence electrons. The first-order valence-electron chi connectivity index (χ1n) is 8.75. The van der Waals surface area contributed by atoms with Crippen LogP contribution in [0.3, 0.4) is 0 Å². The van der Waals surface area contributed by atoms with Crippen molar-refractivity contribution in [2.75, 3.05) is 0 Å². The van der Waals surface area contributed by atoms with Crippen LogP contribution in [0.15, 0.2) is 54.6 Å². The molecule has 0 aliphatic heterocycles. The smallest absolute Gasteiger partial charge is 0.242 e. The molecule has 0 bridgehead atoms. The molecule has 0 fully saturated rings. The number of carbonyl (C=O) groups excluding carboxylic acids is 2. The number of nitrogens with one attached hydrogen (secondary N) is 1. The molecule has 1 N–H and O–H groups in total. The number of rotatable bonds is 7. The van der Waals surface area contributed by atoms with Gasteiger partial charge in [-0.2, -0.15) is 0 Å². The Morgan fingerprint density at radius 3 is 2.27 bits per heavy atom. The highest BCUT2D eigenvalue weighted by molar-refractivity contribution is 6.30. The first-order chi connectivity index (χ1) is 12.4. The highest BCUT2D eigenvalue weighted by Gasteiger charge is 2.26. The minimum atomic E-state index is -0.576. The van der Waals surface area contributed by atoms with E-state index in [-0.39, 0.29) is 24.3 Å². The van der Waals surface area contributed by atoms with E-state index in [1.54, 1.807) is 17.9 Å². The van der Waals surface area contributed by atoms with Crippen molar-refractivity contribution in [2.24, 2.45) is 0 Å². The molecule has 2 aromatic carbocycles. The van der Waals surface area contributed by atoms with Crippen molar-refractivity contribution in [3.05, 3.63) is 70.7 Å². The number of hydrogen-bond acceptors (Lipinski definition) is 2. The third-order valence-corrected chi connectivity index (χ3v) is 4.27. The molecule has 5 heteroatoms. The summed E-state index contributed by atoms with van der Waals surface area (Å²) in [6.45, 7) is 5.89. The highest BCUT2D eigenvalue weighted by Crippen LogP contribution is 2.16. The quantitative estimate of drug-likeness (QED) is 0.803. The molecule has 0 aliphatic rings. The lowest BCUT2D eigenvalue weighted by Gasteiger charge is -2.29. The van der Waals surface area contributed by atoms with Gasteiger partial charge in [0.1, 0.15) is 6.04 Å². The van der Waals surface area contributed by atoms with Gasteiger partial charge in [0.25, 0.3) is 0 Å². The summed E-state index contributed by atoms with van der Waals surface area (Å²) in [5, 5.41) is 3.49. The zero-order valence-corrected chi connectivity index (χ0v) is 16.2. The molecule has 0 radical (unpaired) electrons. The number of benzene rings is 2. The van der Waals surface area contributed by atoms with Gasteiger partial charge in [0.15, 0.2) is 0 Å². The van der Waals surface area contributed by atoms with Gasteiger partial charge in [-0.25, -0.2) is 0 Å². The third-order valence-electron chi connectivity index (χ3n) is 4.04. The maximum atomic E-state index is 12.9. The second-order valence-electron chi connectivity index (χ2n) is 6.65. The summed E-state index contributed by atoms with van der Waals surface area (Å²) in [6, 6.07) is 16.3. The van der Waals surface area contributed by atoms with Gasteiger partial charge in [-0.3, -0.25) is 9.59 Å². The molecule has 1 unspecified atom stereocenters. The van der Waals surface area contributed by atoms with Crippen LogP contribution >= 0.6 is 11.6 Å². The standard InChI is InChI=1S/C21H25ClN2O2/c1-15(2)23-21(26)16(3)24(14-18-10-7-11-19(22)12-18)20(25)13-17-8-5-4-6-9-17/h4-12,15-16H,13-14H2,1-3H3,(H,23,26). The van der Waals surface area contributed by atoms with Gasteiger partial charge in [0.05, 0.1) is 6.42 Å². The van der Waals surface area contributed by atoms with E-state index in [4.69, 9.17) is 11.6 Å². The molecule has 0 heterocycles. The predicted molar refractivity (Wildman–Crippen MR) is 105 cm³/mol. The zero-order valence-electron chi connectivity index (χ0n) is 15.4. The van der Waals surface area contributed by atoms with Crippen LogP contribution in [0.4, 0.5) is 0 Å². The van der Waals surface area contributed by atoms with Gasteiger partial charge in [0, 0.05) is 17.6 Å². The molecule has 4 nitrogen and oxygen atoms in total. The van der Waals surface area contributed by atoms with Crippen LogP contribution in [0.5, 0.6) is 0 Å². The van der Waals surface area contributed by atoms with Gasteiger partial charge < -0.3 is 10.2 Å². The molecule has 26 heavy (non-hydrogen) atoms. The van der Waals surface area contributed by atoms with Gasteiger partial charge in [-0.15, -0.1) is 0 Å². The Labute approximate surface area is 160 Å². The number of halogens is 1.